The zero-order valence-electron chi connectivity index (χ0n) is 17.7. The van der Waals surface area contributed by atoms with Gasteiger partial charge in [0.25, 0.3) is 0 Å². The van der Waals surface area contributed by atoms with Gasteiger partial charge >= 0.3 is 0 Å². The van der Waals surface area contributed by atoms with Gasteiger partial charge < -0.3 is 4.52 Å². The van der Waals surface area contributed by atoms with Gasteiger partial charge in [0, 0.05) is 24.3 Å². The van der Waals surface area contributed by atoms with E-state index in [1.54, 1.807) is 48.5 Å². The molecule has 1 aliphatic rings. The van der Waals surface area contributed by atoms with Crippen molar-refractivity contribution in [2.75, 3.05) is 24.1 Å². The Hall–Kier alpha value is -2.76. The highest BCUT2D eigenvalue weighted by Gasteiger charge is 2.33. The Kier molecular flexibility index (Phi) is 6.06. The number of hydrogen-bond acceptors (Lipinski definition) is 7. The molecule has 0 amide bonds. The highest BCUT2D eigenvalue weighted by atomic mass is 32.2. The molecule has 1 fully saturated rings. The van der Waals surface area contributed by atoms with Crippen LogP contribution in [0.25, 0.3) is 11.4 Å². The molecule has 11 heteroatoms. The van der Waals surface area contributed by atoms with E-state index in [4.69, 9.17) is 4.52 Å². The quantitative estimate of drug-likeness (QED) is 0.580. The molecule has 1 saturated heterocycles. The lowest BCUT2D eigenvalue weighted by molar-refractivity contribution is 0.265. The largest absolute Gasteiger partial charge is 0.339 e. The van der Waals surface area contributed by atoms with Crippen LogP contribution in [0.4, 0.5) is 5.69 Å². The molecule has 1 aliphatic heterocycles. The average Bonchev–Trinajstić information content (AvgIpc) is 3.24. The molecule has 170 valence electrons. The third kappa shape index (κ3) is 5.00. The van der Waals surface area contributed by atoms with Crippen molar-refractivity contribution in [1.82, 2.24) is 14.4 Å². The Bertz CT molecular complexity index is 1300. The molecule has 0 saturated carbocycles. The van der Waals surface area contributed by atoms with Crippen LogP contribution >= 0.6 is 0 Å². The maximum atomic E-state index is 13.0. The molecule has 0 bridgehead atoms. The Morgan fingerprint density at radius 3 is 2.38 bits per heavy atom. The number of rotatable bonds is 6. The normalized spacial score (nSPS) is 17.9. The SMILES string of the molecule is Cc1ccc(S(=O)(=O)N2CCC[C@@H](c3nc(-c4ccc(NS(C)(=O)=O)cc4)no3)C2)cc1. The van der Waals surface area contributed by atoms with Gasteiger partial charge in [0.2, 0.25) is 31.8 Å². The highest BCUT2D eigenvalue weighted by Crippen LogP contribution is 2.31. The molecule has 1 N–H and O–H groups in total. The van der Waals surface area contributed by atoms with Gasteiger partial charge in [-0.2, -0.15) is 9.29 Å². The molecule has 1 aromatic heterocycles. The Morgan fingerprint density at radius 2 is 1.72 bits per heavy atom. The van der Waals surface area contributed by atoms with E-state index < -0.39 is 20.0 Å². The topological polar surface area (TPSA) is 122 Å². The molecule has 3 aromatic rings. The summed E-state index contributed by atoms with van der Waals surface area (Å²) >= 11 is 0. The van der Waals surface area contributed by atoms with E-state index in [0.717, 1.165) is 18.2 Å². The van der Waals surface area contributed by atoms with Crippen molar-refractivity contribution in [3.05, 3.63) is 60.0 Å². The lowest BCUT2D eigenvalue weighted by Gasteiger charge is -2.30. The first kappa shape index (κ1) is 22.4. The minimum Gasteiger partial charge on any atom is -0.339 e. The van der Waals surface area contributed by atoms with Gasteiger partial charge in [-0.3, -0.25) is 4.72 Å². The summed E-state index contributed by atoms with van der Waals surface area (Å²) in [5.74, 6) is 0.558. The summed E-state index contributed by atoms with van der Waals surface area (Å²) in [6.45, 7) is 2.63. The average molecular weight is 477 g/mol. The monoisotopic (exact) mass is 476 g/mol. The van der Waals surface area contributed by atoms with Crippen molar-refractivity contribution in [2.24, 2.45) is 0 Å². The first-order chi connectivity index (χ1) is 15.1. The predicted octanol–water partition coefficient (Wildman–Crippen LogP) is 2.98. The molecule has 2 heterocycles. The number of piperidine rings is 1. The van der Waals surface area contributed by atoms with Gasteiger partial charge in [0.1, 0.15) is 0 Å². The van der Waals surface area contributed by atoms with Gasteiger partial charge in [-0.05, 0) is 56.2 Å². The first-order valence-electron chi connectivity index (χ1n) is 10.1. The van der Waals surface area contributed by atoms with Crippen LogP contribution in [0.15, 0.2) is 57.9 Å². The van der Waals surface area contributed by atoms with Crippen LogP contribution in [0, 0.1) is 6.92 Å². The zero-order chi connectivity index (χ0) is 22.9. The van der Waals surface area contributed by atoms with Crippen molar-refractivity contribution in [3.8, 4) is 11.4 Å². The van der Waals surface area contributed by atoms with Crippen LogP contribution in [0.1, 0.15) is 30.2 Å². The number of sulfonamides is 2. The molecular weight excluding hydrogens is 452 g/mol. The van der Waals surface area contributed by atoms with Crippen molar-refractivity contribution < 1.29 is 21.4 Å². The second kappa shape index (κ2) is 8.64. The summed E-state index contributed by atoms with van der Waals surface area (Å²) < 4.78 is 58.1. The molecule has 0 unspecified atom stereocenters. The molecule has 0 radical (unpaired) electrons. The van der Waals surface area contributed by atoms with Crippen LogP contribution in [0.3, 0.4) is 0 Å². The van der Waals surface area contributed by atoms with Crippen LogP contribution in [-0.2, 0) is 20.0 Å². The van der Waals surface area contributed by atoms with E-state index in [-0.39, 0.29) is 17.4 Å². The van der Waals surface area contributed by atoms with E-state index in [9.17, 15) is 16.8 Å². The Labute approximate surface area is 187 Å². The summed E-state index contributed by atoms with van der Waals surface area (Å²) in [5, 5.41) is 4.03. The number of nitrogens with zero attached hydrogens (tertiary/aromatic N) is 3. The highest BCUT2D eigenvalue weighted by molar-refractivity contribution is 7.92. The maximum absolute atomic E-state index is 13.0. The van der Waals surface area contributed by atoms with E-state index in [0.29, 0.717) is 35.9 Å². The fraction of sp³-hybridized carbons (Fsp3) is 0.333. The maximum Gasteiger partial charge on any atom is 0.243 e. The number of benzene rings is 2. The van der Waals surface area contributed by atoms with Gasteiger partial charge in [0.15, 0.2) is 0 Å². The van der Waals surface area contributed by atoms with Crippen LogP contribution in [0.2, 0.25) is 0 Å². The van der Waals surface area contributed by atoms with E-state index in [2.05, 4.69) is 14.9 Å². The van der Waals surface area contributed by atoms with Crippen molar-refractivity contribution in [3.63, 3.8) is 0 Å². The molecule has 0 spiro atoms. The number of anilines is 1. The number of hydrogen-bond donors (Lipinski definition) is 1. The van der Waals surface area contributed by atoms with Gasteiger partial charge in [-0.15, -0.1) is 0 Å². The van der Waals surface area contributed by atoms with Gasteiger partial charge in [-0.1, -0.05) is 22.9 Å². The summed E-state index contributed by atoms with van der Waals surface area (Å²) in [7, 11) is -6.96. The molecule has 4 rings (SSSR count). The lowest BCUT2D eigenvalue weighted by atomic mass is 10.00. The molecule has 32 heavy (non-hydrogen) atoms. The molecule has 0 aliphatic carbocycles. The van der Waals surface area contributed by atoms with E-state index >= 15 is 0 Å². The third-order valence-electron chi connectivity index (χ3n) is 5.28. The number of aromatic nitrogens is 2. The smallest absolute Gasteiger partial charge is 0.243 e. The van der Waals surface area contributed by atoms with Crippen LogP contribution in [0.5, 0.6) is 0 Å². The Morgan fingerprint density at radius 1 is 1.03 bits per heavy atom. The molecule has 9 nitrogen and oxygen atoms in total. The van der Waals surface area contributed by atoms with E-state index in [1.165, 1.54) is 4.31 Å². The second-order valence-electron chi connectivity index (χ2n) is 7.92. The first-order valence-corrected chi connectivity index (χ1v) is 13.4. The number of nitrogens with one attached hydrogen (secondary N) is 1. The minimum atomic E-state index is -3.60. The van der Waals surface area contributed by atoms with Gasteiger partial charge in [-0.25, -0.2) is 16.8 Å². The standard InChI is InChI=1S/C21H24N4O5S2/c1-15-5-11-19(12-6-15)32(28,29)25-13-3-4-17(14-25)21-22-20(23-30-21)16-7-9-18(10-8-16)24-31(2,26)27/h5-12,17,24H,3-4,13-14H2,1-2H3/t17-/m1/s1. The van der Waals surface area contributed by atoms with Crippen molar-refractivity contribution in [2.45, 2.75) is 30.6 Å². The zero-order valence-corrected chi connectivity index (χ0v) is 19.4. The molecule has 1 atom stereocenters. The fourth-order valence-corrected chi connectivity index (χ4v) is 5.73. The van der Waals surface area contributed by atoms with Gasteiger partial charge in [0.05, 0.1) is 17.1 Å². The Balaban J connectivity index is 1.50. The molecular formula is C21H24N4O5S2. The summed E-state index contributed by atoms with van der Waals surface area (Å²) in [4.78, 5) is 4.75. The lowest BCUT2D eigenvalue weighted by Crippen LogP contribution is -2.39. The van der Waals surface area contributed by atoms with Crippen molar-refractivity contribution in [1.29, 1.82) is 0 Å². The molecule has 2 aromatic carbocycles. The minimum absolute atomic E-state index is 0.198. The van der Waals surface area contributed by atoms with Crippen LogP contribution in [-0.4, -0.2) is 50.6 Å². The van der Waals surface area contributed by atoms with Crippen molar-refractivity contribution >= 4 is 25.7 Å². The third-order valence-corrected chi connectivity index (χ3v) is 7.77. The summed E-state index contributed by atoms with van der Waals surface area (Å²) in [6.07, 6.45) is 2.52. The van der Waals surface area contributed by atoms with E-state index in [1.807, 2.05) is 6.92 Å². The number of aryl methyl sites for hydroxylation is 1. The summed E-state index contributed by atoms with van der Waals surface area (Å²) in [5.41, 5.74) is 2.10. The second-order valence-corrected chi connectivity index (χ2v) is 11.6. The predicted molar refractivity (Wildman–Crippen MR) is 120 cm³/mol. The fourth-order valence-electron chi connectivity index (χ4n) is 3.64. The summed E-state index contributed by atoms with van der Waals surface area (Å²) in [6, 6.07) is 13.4. The van der Waals surface area contributed by atoms with Crippen LogP contribution < -0.4 is 4.72 Å².